The molecule has 0 aliphatic heterocycles. The first-order valence-corrected chi connectivity index (χ1v) is 24.7. The predicted molar refractivity (Wildman–Crippen MR) is 246 cm³/mol. The second-order valence-corrected chi connectivity index (χ2v) is 16.9. The monoisotopic (exact) mass is 802 g/mol. The number of carbonyl (C=O) groups is 2. The van der Waals surface area contributed by atoms with Gasteiger partial charge >= 0.3 is 5.97 Å². The fourth-order valence-corrected chi connectivity index (χ4v) is 7.40. The molecule has 0 bridgehead atoms. The predicted octanol–water partition coefficient (Wildman–Crippen LogP) is 14.5. The van der Waals surface area contributed by atoms with Gasteiger partial charge in [0.25, 0.3) is 0 Å². The SMILES string of the molecule is CCC/C=C\CCCCCC(CC(=O)NC(CO)C(O)CCCCCCCCCCCCC)OC(=O)CCCCCCCCCCC/C=C\C/C=C\CCCCC. The van der Waals surface area contributed by atoms with Crippen LogP contribution in [0.3, 0.4) is 0 Å². The quantitative estimate of drug-likeness (QED) is 0.0324. The molecule has 0 rings (SSSR count). The van der Waals surface area contributed by atoms with Gasteiger partial charge in [0.05, 0.1) is 25.2 Å². The third kappa shape index (κ3) is 40.6. The highest BCUT2D eigenvalue weighted by atomic mass is 16.5. The first-order valence-electron chi connectivity index (χ1n) is 24.7. The van der Waals surface area contributed by atoms with Crippen LogP contribution in [0.15, 0.2) is 36.5 Å². The third-order valence-electron chi connectivity index (χ3n) is 11.2. The average molecular weight is 802 g/mol. The van der Waals surface area contributed by atoms with Crippen LogP contribution < -0.4 is 5.32 Å². The van der Waals surface area contributed by atoms with Gasteiger partial charge in [0.15, 0.2) is 0 Å². The molecule has 3 N–H and O–H groups in total. The van der Waals surface area contributed by atoms with Crippen molar-refractivity contribution in [2.75, 3.05) is 6.61 Å². The Hall–Kier alpha value is -1.92. The fraction of sp³-hybridized carbons (Fsp3) is 0.843. The standard InChI is InChI=1S/C51H95NO5/c1-4-7-10-13-16-19-21-22-23-24-25-26-27-28-30-32-35-38-41-44-51(56)57-47(42-39-36-33-18-15-12-9-6-3)45-50(55)52-48(46-53)49(54)43-40-37-34-31-29-20-17-14-11-8-5-2/h12,15-16,19,22-23,47-49,53-54H,4-11,13-14,17-18,20-21,24-46H2,1-3H3,(H,52,55)/b15-12-,19-16-,23-22-. The van der Waals surface area contributed by atoms with Crippen LogP contribution in [-0.2, 0) is 14.3 Å². The van der Waals surface area contributed by atoms with Crippen LogP contribution in [-0.4, -0.2) is 46.9 Å². The molecule has 0 heterocycles. The molecule has 0 aromatic heterocycles. The molecule has 0 aliphatic carbocycles. The van der Waals surface area contributed by atoms with Crippen molar-refractivity contribution in [2.45, 2.75) is 270 Å². The molecule has 0 aliphatic rings. The van der Waals surface area contributed by atoms with Crippen molar-refractivity contribution in [1.29, 1.82) is 0 Å². The Kier molecular flexibility index (Phi) is 43.6. The largest absolute Gasteiger partial charge is 0.462 e. The molecule has 0 radical (unpaired) electrons. The molecular formula is C51H95NO5. The van der Waals surface area contributed by atoms with E-state index in [2.05, 4.69) is 62.5 Å². The van der Waals surface area contributed by atoms with Gasteiger partial charge < -0.3 is 20.3 Å². The van der Waals surface area contributed by atoms with E-state index in [1.165, 1.54) is 122 Å². The second kappa shape index (κ2) is 45.2. The van der Waals surface area contributed by atoms with Crippen molar-refractivity contribution in [3.05, 3.63) is 36.5 Å². The highest BCUT2D eigenvalue weighted by molar-refractivity contribution is 5.77. The molecule has 1 amide bonds. The lowest BCUT2D eigenvalue weighted by Crippen LogP contribution is -2.46. The first-order chi connectivity index (χ1) is 28.0. The molecule has 0 fully saturated rings. The number of aliphatic hydroxyl groups is 2. The van der Waals surface area contributed by atoms with Gasteiger partial charge in [-0.05, 0) is 77.0 Å². The minimum atomic E-state index is -0.788. The molecule has 0 spiro atoms. The summed E-state index contributed by atoms with van der Waals surface area (Å²) >= 11 is 0. The number of rotatable bonds is 44. The molecule has 57 heavy (non-hydrogen) atoms. The van der Waals surface area contributed by atoms with Crippen LogP contribution in [0, 0.1) is 0 Å². The molecule has 3 atom stereocenters. The first kappa shape index (κ1) is 55.1. The third-order valence-corrected chi connectivity index (χ3v) is 11.2. The number of aliphatic hydroxyl groups excluding tert-OH is 2. The number of unbranched alkanes of at least 4 members (excludes halogenated alkanes) is 26. The summed E-state index contributed by atoms with van der Waals surface area (Å²) < 4.78 is 5.89. The second-order valence-electron chi connectivity index (χ2n) is 16.9. The highest BCUT2D eigenvalue weighted by Crippen LogP contribution is 2.17. The van der Waals surface area contributed by atoms with Gasteiger partial charge in [-0.25, -0.2) is 0 Å². The normalized spacial score (nSPS) is 13.6. The van der Waals surface area contributed by atoms with Gasteiger partial charge in [-0.1, -0.05) is 198 Å². The van der Waals surface area contributed by atoms with Gasteiger partial charge in [0, 0.05) is 6.42 Å². The van der Waals surface area contributed by atoms with E-state index in [9.17, 15) is 19.8 Å². The van der Waals surface area contributed by atoms with E-state index < -0.39 is 18.2 Å². The van der Waals surface area contributed by atoms with Crippen molar-refractivity contribution in [1.82, 2.24) is 5.32 Å². The minimum absolute atomic E-state index is 0.0661. The Morgan fingerprint density at radius 1 is 0.509 bits per heavy atom. The summed E-state index contributed by atoms with van der Waals surface area (Å²) in [5.74, 6) is -0.493. The zero-order chi connectivity index (χ0) is 41.7. The van der Waals surface area contributed by atoms with Crippen LogP contribution in [0.1, 0.15) is 252 Å². The van der Waals surface area contributed by atoms with E-state index in [-0.39, 0.29) is 24.9 Å². The smallest absolute Gasteiger partial charge is 0.306 e. The van der Waals surface area contributed by atoms with E-state index >= 15 is 0 Å². The minimum Gasteiger partial charge on any atom is -0.462 e. The van der Waals surface area contributed by atoms with E-state index in [4.69, 9.17) is 4.74 Å². The van der Waals surface area contributed by atoms with Gasteiger partial charge in [-0.3, -0.25) is 9.59 Å². The topological polar surface area (TPSA) is 95.9 Å². The molecule has 6 nitrogen and oxygen atoms in total. The molecular weight excluding hydrogens is 707 g/mol. The molecule has 0 aromatic rings. The van der Waals surface area contributed by atoms with Crippen LogP contribution in [0.5, 0.6) is 0 Å². The molecule has 334 valence electrons. The lowest BCUT2D eigenvalue weighted by atomic mass is 10.0. The Bertz CT molecular complexity index is 946. The summed E-state index contributed by atoms with van der Waals surface area (Å²) in [4.78, 5) is 26.0. The Morgan fingerprint density at radius 3 is 1.47 bits per heavy atom. The Morgan fingerprint density at radius 2 is 0.930 bits per heavy atom. The van der Waals surface area contributed by atoms with E-state index in [1.807, 2.05) is 0 Å². The van der Waals surface area contributed by atoms with Crippen molar-refractivity contribution in [3.63, 3.8) is 0 Å². The van der Waals surface area contributed by atoms with Gasteiger partial charge in [-0.15, -0.1) is 0 Å². The van der Waals surface area contributed by atoms with Crippen LogP contribution in [0.4, 0.5) is 0 Å². The maximum Gasteiger partial charge on any atom is 0.306 e. The molecule has 0 aromatic carbocycles. The molecule has 6 heteroatoms. The molecule has 3 unspecified atom stereocenters. The highest BCUT2D eigenvalue weighted by Gasteiger charge is 2.24. The lowest BCUT2D eigenvalue weighted by Gasteiger charge is -2.24. The van der Waals surface area contributed by atoms with Crippen LogP contribution in [0.25, 0.3) is 0 Å². The number of hydrogen-bond donors (Lipinski definition) is 3. The van der Waals surface area contributed by atoms with Crippen molar-refractivity contribution in [3.8, 4) is 0 Å². The number of carbonyl (C=O) groups excluding carboxylic acids is 2. The van der Waals surface area contributed by atoms with Crippen molar-refractivity contribution in [2.24, 2.45) is 0 Å². The van der Waals surface area contributed by atoms with Crippen molar-refractivity contribution < 1.29 is 24.5 Å². The van der Waals surface area contributed by atoms with Gasteiger partial charge in [-0.2, -0.15) is 0 Å². The summed E-state index contributed by atoms with van der Waals surface area (Å²) in [7, 11) is 0. The molecule has 0 saturated carbocycles. The maximum absolute atomic E-state index is 13.1. The number of amides is 1. The zero-order valence-electron chi connectivity index (χ0n) is 38.0. The summed E-state index contributed by atoms with van der Waals surface area (Å²) in [6, 6.07) is -0.702. The lowest BCUT2D eigenvalue weighted by molar-refractivity contribution is -0.151. The summed E-state index contributed by atoms with van der Waals surface area (Å²) in [6.07, 6.45) is 52.2. The summed E-state index contributed by atoms with van der Waals surface area (Å²) in [5.41, 5.74) is 0. The van der Waals surface area contributed by atoms with Crippen LogP contribution in [0.2, 0.25) is 0 Å². The number of nitrogens with one attached hydrogen (secondary N) is 1. The Labute approximate surface area is 353 Å². The van der Waals surface area contributed by atoms with E-state index in [0.717, 1.165) is 83.5 Å². The number of allylic oxidation sites excluding steroid dienone is 6. The average Bonchev–Trinajstić information content (AvgIpc) is 3.20. The summed E-state index contributed by atoms with van der Waals surface area (Å²) in [5, 5.41) is 23.6. The summed E-state index contributed by atoms with van der Waals surface area (Å²) in [6.45, 7) is 6.38. The number of ether oxygens (including phenoxy) is 1. The van der Waals surface area contributed by atoms with Gasteiger partial charge in [0.2, 0.25) is 5.91 Å². The number of hydrogen-bond acceptors (Lipinski definition) is 5. The fourth-order valence-electron chi connectivity index (χ4n) is 7.40. The zero-order valence-corrected chi connectivity index (χ0v) is 38.0. The Balaban J connectivity index is 4.40. The maximum atomic E-state index is 13.1. The van der Waals surface area contributed by atoms with Crippen LogP contribution >= 0.6 is 0 Å². The van der Waals surface area contributed by atoms with E-state index in [1.54, 1.807) is 0 Å². The molecule has 0 saturated heterocycles. The van der Waals surface area contributed by atoms with Crippen molar-refractivity contribution >= 4 is 11.9 Å². The van der Waals surface area contributed by atoms with Gasteiger partial charge in [0.1, 0.15) is 6.10 Å². The van der Waals surface area contributed by atoms with E-state index in [0.29, 0.717) is 19.3 Å². The number of esters is 1.